The molecule has 0 saturated carbocycles. The van der Waals surface area contributed by atoms with Crippen LogP contribution in [0.15, 0.2) is 72.9 Å². The molecule has 0 spiro atoms. The number of hydrogen-bond donors (Lipinski definition) is 1. The second-order valence-corrected chi connectivity index (χ2v) is 7.28. The molecule has 1 aliphatic heterocycles. The van der Waals surface area contributed by atoms with E-state index in [0.717, 1.165) is 22.0 Å². The molecule has 1 fully saturated rings. The number of anilines is 1. The van der Waals surface area contributed by atoms with Crippen LogP contribution in [0.4, 0.5) is 5.69 Å². The predicted molar refractivity (Wildman–Crippen MR) is 105 cm³/mol. The van der Waals surface area contributed by atoms with Crippen molar-refractivity contribution in [3.05, 3.63) is 78.5 Å². The van der Waals surface area contributed by atoms with Gasteiger partial charge in [0.1, 0.15) is 5.37 Å². The average molecular weight is 344 g/mol. The van der Waals surface area contributed by atoms with Crippen LogP contribution in [0.3, 0.4) is 0 Å². The molecular weight excluding hydrogens is 328 g/mol. The zero-order chi connectivity index (χ0) is 16.8. The monoisotopic (exact) mass is 344 g/mol. The Morgan fingerprint density at radius 3 is 2.60 bits per heavy atom. The van der Waals surface area contributed by atoms with E-state index in [-0.39, 0.29) is 11.3 Å². The molecule has 2 heterocycles. The maximum Gasteiger partial charge on any atom is 0.238 e. The summed E-state index contributed by atoms with van der Waals surface area (Å²) in [5.41, 5.74) is 3.26. The molecule has 0 bridgehead atoms. The largest absolute Gasteiger partial charge is 0.361 e. The van der Waals surface area contributed by atoms with Crippen LogP contribution in [-0.2, 0) is 4.79 Å². The minimum atomic E-state index is -0.00513. The van der Waals surface area contributed by atoms with Gasteiger partial charge in [0, 0.05) is 28.0 Å². The minimum Gasteiger partial charge on any atom is -0.361 e. The Bertz CT molecular complexity index is 1100. The number of H-pyrrole nitrogens is 1. The van der Waals surface area contributed by atoms with Gasteiger partial charge in [-0.1, -0.05) is 54.6 Å². The molecule has 1 unspecified atom stereocenters. The van der Waals surface area contributed by atoms with Gasteiger partial charge in [-0.25, -0.2) is 0 Å². The number of aromatic amines is 1. The van der Waals surface area contributed by atoms with E-state index in [9.17, 15) is 4.79 Å². The predicted octanol–water partition coefficient (Wildman–Crippen LogP) is 5.10. The maximum atomic E-state index is 12.8. The first-order chi connectivity index (χ1) is 12.3. The van der Waals surface area contributed by atoms with E-state index in [1.54, 1.807) is 11.8 Å². The third-order valence-corrected chi connectivity index (χ3v) is 5.98. The molecule has 1 atom stereocenters. The molecule has 4 aromatic rings. The molecule has 4 heteroatoms. The molecule has 3 nitrogen and oxygen atoms in total. The number of amides is 1. The fraction of sp³-hybridized carbons (Fsp3) is 0.0952. The summed E-state index contributed by atoms with van der Waals surface area (Å²) < 4.78 is 0. The Kier molecular flexibility index (Phi) is 3.31. The van der Waals surface area contributed by atoms with Crippen LogP contribution in [0.25, 0.3) is 21.7 Å². The van der Waals surface area contributed by atoms with Gasteiger partial charge >= 0.3 is 0 Å². The molecule has 0 aliphatic carbocycles. The summed E-state index contributed by atoms with van der Waals surface area (Å²) in [7, 11) is 0. The van der Waals surface area contributed by atoms with Gasteiger partial charge in [0.05, 0.1) is 11.4 Å². The van der Waals surface area contributed by atoms with Gasteiger partial charge in [0.25, 0.3) is 0 Å². The lowest BCUT2D eigenvalue weighted by molar-refractivity contribution is -0.115. The number of nitrogens with zero attached hydrogens (tertiary/aromatic N) is 1. The summed E-state index contributed by atoms with van der Waals surface area (Å²) >= 11 is 1.69. The quantitative estimate of drug-likeness (QED) is 0.549. The van der Waals surface area contributed by atoms with Crippen LogP contribution in [-0.4, -0.2) is 16.6 Å². The third-order valence-electron chi connectivity index (χ3n) is 4.78. The SMILES string of the molecule is O=C1CSC(c2c[nH]c3ccccc23)N1c1cccc2ccccc12. The summed E-state index contributed by atoms with van der Waals surface area (Å²) in [5, 5.41) is 3.45. The Balaban J connectivity index is 1.69. The normalized spacial score (nSPS) is 17.7. The van der Waals surface area contributed by atoms with Crippen molar-refractivity contribution >= 4 is 45.0 Å². The second kappa shape index (κ2) is 5.67. The lowest BCUT2D eigenvalue weighted by Gasteiger charge is -2.25. The second-order valence-electron chi connectivity index (χ2n) is 6.21. The zero-order valence-electron chi connectivity index (χ0n) is 13.5. The van der Waals surface area contributed by atoms with Crippen molar-refractivity contribution in [3.8, 4) is 0 Å². The molecule has 1 aromatic heterocycles. The maximum absolute atomic E-state index is 12.8. The number of carbonyl (C=O) groups excluding carboxylic acids is 1. The highest BCUT2D eigenvalue weighted by atomic mass is 32.2. The molecule has 1 amide bonds. The summed E-state index contributed by atoms with van der Waals surface area (Å²) in [6.07, 6.45) is 2.04. The summed E-state index contributed by atoms with van der Waals surface area (Å²) in [5.74, 6) is 0.671. The highest BCUT2D eigenvalue weighted by Gasteiger charge is 2.36. The Hall–Kier alpha value is -2.72. The van der Waals surface area contributed by atoms with E-state index in [4.69, 9.17) is 0 Å². The molecule has 0 radical (unpaired) electrons. The number of nitrogens with one attached hydrogen (secondary N) is 1. The van der Waals surface area contributed by atoms with Crippen molar-refractivity contribution in [3.63, 3.8) is 0 Å². The van der Waals surface area contributed by atoms with Crippen LogP contribution >= 0.6 is 11.8 Å². The molecule has 1 aliphatic rings. The first kappa shape index (κ1) is 14.6. The topological polar surface area (TPSA) is 36.1 Å². The van der Waals surface area contributed by atoms with Crippen LogP contribution in [0.5, 0.6) is 0 Å². The number of aromatic nitrogens is 1. The molecule has 5 rings (SSSR count). The number of thioether (sulfide) groups is 1. The number of fused-ring (bicyclic) bond motifs is 2. The highest BCUT2D eigenvalue weighted by molar-refractivity contribution is 8.00. The average Bonchev–Trinajstić information content (AvgIpc) is 3.24. The summed E-state index contributed by atoms with van der Waals surface area (Å²) in [4.78, 5) is 18.1. The lowest BCUT2D eigenvalue weighted by atomic mass is 10.1. The van der Waals surface area contributed by atoms with Crippen molar-refractivity contribution in [1.82, 2.24) is 4.98 Å². The van der Waals surface area contributed by atoms with Crippen molar-refractivity contribution in [2.45, 2.75) is 5.37 Å². The van der Waals surface area contributed by atoms with E-state index in [1.165, 1.54) is 10.9 Å². The van der Waals surface area contributed by atoms with Gasteiger partial charge < -0.3 is 4.98 Å². The minimum absolute atomic E-state index is 0.00513. The molecular formula is C21H16N2OS. The van der Waals surface area contributed by atoms with Gasteiger partial charge in [-0.15, -0.1) is 11.8 Å². The molecule has 1 saturated heterocycles. The first-order valence-corrected chi connectivity index (χ1v) is 9.35. The van der Waals surface area contributed by atoms with Crippen molar-refractivity contribution < 1.29 is 4.79 Å². The number of hydrogen-bond acceptors (Lipinski definition) is 2. The van der Waals surface area contributed by atoms with Crippen molar-refractivity contribution in [2.75, 3.05) is 10.7 Å². The van der Waals surface area contributed by atoms with Crippen molar-refractivity contribution in [2.24, 2.45) is 0 Å². The molecule has 25 heavy (non-hydrogen) atoms. The fourth-order valence-electron chi connectivity index (χ4n) is 3.63. The fourth-order valence-corrected chi connectivity index (χ4v) is 4.83. The Labute approximate surface area is 149 Å². The molecule has 1 N–H and O–H groups in total. The zero-order valence-corrected chi connectivity index (χ0v) is 14.3. The van der Waals surface area contributed by atoms with Crippen LogP contribution in [0.2, 0.25) is 0 Å². The van der Waals surface area contributed by atoms with E-state index in [2.05, 4.69) is 35.3 Å². The van der Waals surface area contributed by atoms with E-state index >= 15 is 0 Å². The first-order valence-electron chi connectivity index (χ1n) is 8.30. The smallest absolute Gasteiger partial charge is 0.238 e. The van der Waals surface area contributed by atoms with Gasteiger partial charge in [-0.2, -0.15) is 0 Å². The number of benzene rings is 3. The summed E-state index contributed by atoms with van der Waals surface area (Å²) in [6, 6.07) is 22.7. The summed E-state index contributed by atoms with van der Waals surface area (Å²) in [6.45, 7) is 0. The van der Waals surface area contributed by atoms with E-state index in [1.807, 2.05) is 47.5 Å². The molecule has 122 valence electrons. The number of rotatable bonds is 2. The van der Waals surface area contributed by atoms with Crippen LogP contribution in [0, 0.1) is 0 Å². The highest BCUT2D eigenvalue weighted by Crippen LogP contribution is 2.45. The van der Waals surface area contributed by atoms with Gasteiger partial charge in [-0.3, -0.25) is 9.69 Å². The van der Waals surface area contributed by atoms with Crippen molar-refractivity contribution in [1.29, 1.82) is 0 Å². The number of carbonyl (C=O) groups is 1. The van der Waals surface area contributed by atoms with E-state index in [0.29, 0.717) is 5.75 Å². The lowest BCUT2D eigenvalue weighted by Crippen LogP contribution is -2.27. The van der Waals surface area contributed by atoms with Crippen LogP contribution < -0.4 is 4.90 Å². The Morgan fingerprint density at radius 2 is 1.68 bits per heavy atom. The van der Waals surface area contributed by atoms with Crippen LogP contribution in [0.1, 0.15) is 10.9 Å². The third kappa shape index (κ3) is 2.25. The molecule has 3 aromatic carbocycles. The Morgan fingerprint density at radius 1 is 0.920 bits per heavy atom. The van der Waals surface area contributed by atoms with Gasteiger partial charge in [0.2, 0.25) is 5.91 Å². The van der Waals surface area contributed by atoms with Gasteiger partial charge in [-0.05, 0) is 17.5 Å². The van der Waals surface area contributed by atoms with E-state index < -0.39 is 0 Å². The van der Waals surface area contributed by atoms with Gasteiger partial charge in [0.15, 0.2) is 0 Å². The number of para-hydroxylation sites is 1. The standard InChI is InChI=1S/C21H16N2OS/c24-20-13-25-21(17-12-22-18-10-4-3-9-16(17)18)23(20)19-11-5-7-14-6-1-2-8-15(14)19/h1-12,21-22H,13H2.